The van der Waals surface area contributed by atoms with Crippen LogP contribution in [0.15, 0.2) is 53.1 Å². The fourth-order valence-electron chi connectivity index (χ4n) is 2.16. The van der Waals surface area contributed by atoms with Crippen LogP contribution in [0.3, 0.4) is 0 Å². The molecule has 2 aromatic carbocycles. The van der Waals surface area contributed by atoms with Crippen LogP contribution in [-0.4, -0.2) is 35.0 Å². The zero-order chi connectivity index (χ0) is 19.2. The monoisotopic (exact) mass is 388 g/mol. The Morgan fingerprint density at radius 2 is 1.59 bits per heavy atom. The van der Waals surface area contributed by atoms with E-state index in [1.54, 1.807) is 24.3 Å². The summed E-state index contributed by atoms with van der Waals surface area (Å²) in [5.41, 5.74) is 0.987. The van der Waals surface area contributed by atoms with E-state index in [1.807, 2.05) is 0 Å². The lowest BCUT2D eigenvalue weighted by atomic mass is 10.2. The third-order valence-electron chi connectivity index (χ3n) is 3.53. The van der Waals surface area contributed by atoms with Crippen LogP contribution in [0.2, 0.25) is 5.02 Å². The van der Waals surface area contributed by atoms with Crippen molar-refractivity contribution in [2.45, 2.75) is 0 Å². The highest BCUT2D eigenvalue weighted by Crippen LogP contribution is 2.16. The first kappa shape index (κ1) is 18.5. The number of rotatable bonds is 6. The van der Waals surface area contributed by atoms with Gasteiger partial charge in [-0.3, -0.25) is 9.59 Å². The first-order valence-electron chi connectivity index (χ1n) is 7.94. The molecule has 0 saturated carbocycles. The molecule has 1 heterocycles. The summed E-state index contributed by atoms with van der Waals surface area (Å²) in [6.45, 7) is 0.387. The third-order valence-corrected chi connectivity index (χ3v) is 3.78. The molecule has 0 bridgehead atoms. The number of amides is 2. The van der Waals surface area contributed by atoms with E-state index in [0.717, 1.165) is 0 Å². The number of benzene rings is 2. The molecule has 0 radical (unpaired) electrons. The predicted octanol–water partition coefficient (Wildman–Crippen LogP) is 2.69. The lowest BCUT2D eigenvalue weighted by Gasteiger charge is -2.05. The second-order valence-electron chi connectivity index (χ2n) is 5.45. The Bertz CT molecular complexity index is 942. The van der Waals surface area contributed by atoms with Crippen molar-refractivity contribution < 1.29 is 18.5 Å². The molecule has 3 aromatic rings. The molecule has 0 unspecified atom stereocenters. The maximum absolute atomic E-state index is 12.9. The predicted molar refractivity (Wildman–Crippen MR) is 95.8 cm³/mol. The molecule has 0 spiro atoms. The van der Waals surface area contributed by atoms with Crippen LogP contribution >= 0.6 is 11.6 Å². The third kappa shape index (κ3) is 4.89. The summed E-state index contributed by atoms with van der Waals surface area (Å²) in [5.74, 6) is -1.29. The van der Waals surface area contributed by atoms with Gasteiger partial charge >= 0.3 is 11.8 Å². The van der Waals surface area contributed by atoms with Gasteiger partial charge in [0, 0.05) is 29.2 Å². The van der Waals surface area contributed by atoms with Gasteiger partial charge in [-0.25, -0.2) is 4.39 Å². The minimum absolute atomic E-state index is 0.173. The second-order valence-corrected chi connectivity index (χ2v) is 5.89. The van der Waals surface area contributed by atoms with Gasteiger partial charge in [-0.1, -0.05) is 16.8 Å². The second kappa shape index (κ2) is 8.41. The first-order valence-corrected chi connectivity index (χ1v) is 8.32. The zero-order valence-electron chi connectivity index (χ0n) is 13.9. The lowest BCUT2D eigenvalue weighted by Crippen LogP contribution is -2.34. The van der Waals surface area contributed by atoms with Crippen molar-refractivity contribution >= 4 is 23.4 Å². The SMILES string of the molecule is O=C(NCCNC(=O)c1nc(-c2ccc(F)cc2)no1)c1ccc(Cl)cc1. The van der Waals surface area contributed by atoms with Gasteiger partial charge in [0.2, 0.25) is 5.82 Å². The van der Waals surface area contributed by atoms with E-state index in [4.69, 9.17) is 16.1 Å². The van der Waals surface area contributed by atoms with E-state index in [1.165, 1.54) is 24.3 Å². The summed E-state index contributed by atoms with van der Waals surface area (Å²) in [5, 5.41) is 9.45. The Morgan fingerprint density at radius 3 is 2.26 bits per heavy atom. The van der Waals surface area contributed by atoms with E-state index in [-0.39, 0.29) is 36.5 Å². The largest absolute Gasteiger partial charge is 0.350 e. The quantitative estimate of drug-likeness (QED) is 0.633. The number of hydrogen-bond donors (Lipinski definition) is 2. The Kier molecular flexibility index (Phi) is 5.77. The highest BCUT2D eigenvalue weighted by atomic mass is 35.5. The Balaban J connectivity index is 1.47. The molecule has 27 heavy (non-hydrogen) atoms. The normalized spacial score (nSPS) is 10.4. The Labute approximate surface area is 158 Å². The maximum Gasteiger partial charge on any atom is 0.316 e. The molecule has 0 atom stereocenters. The average Bonchev–Trinajstić information content (AvgIpc) is 3.16. The molecule has 0 aliphatic rings. The minimum Gasteiger partial charge on any atom is -0.350 e. The van der Waals surface area contributed by atoms with Crippen LogP contribution in [0.1, 0.15) is 21.0 Å². The van der Waals surface area contributed by atoms with Crippen LogP contribution in [0.25, 0.3) is 11.4 Å². The highest BCUT2D eigenvalue weighted by Gasteiger charge is 2.16. The molecule has 2 amide bonds. The summed E-state index contributed by atoms with van der Waals surface area (Å²) in [7, 11) is 0. The van der Waals surface area contributed by atoms with Crippen molar-refractivity contribution in [3.8, 4) is 11.4 Å². The molecule has 7 nitrogen and oxygen atoms in total. The molecular formula is C18H14ClFN4O3. The standard InChI is InChI=1S/C18H14ClFN4O3/c19-13-5-1-12(2-6-13)16(25)21-9-10-22-17(26)18-23-15(24-27-18)11-3-7-14(20)8-4-11/h1-8H,9-10H2,(H,21,25)(H,22,26). The number of halogens is 2. The van der Waals surface area contributed by atoms with E-state index >= 15 is 0 Å². The number of carbonyl (C=O) groups is 2. The van der Waals surface area contributed by atoms with Gasteiger partial charge in [0.05, 0.1) is 0 Å². The van der Waals surface area contributed by atoms with Gasteiger partial charge < -0.3 is 15.2 Å². The van der Waals surface area contributed by atoms with Crippen LogP contribution in [0, 0.1) is 5.82 Å². The van der Waals surface area contributed by atoms with E-state index in [2.05, 4.69) is 20.8 Å². The molecule has 9 heteroatoms. The molecule has 138 valence electrons. The summed E-state index contributed by atoms with van der Waals surface area (Å²) in [6, 6.07) is 11.9. The van der Waals surface area contributed by atoms with Crippen LogP contribution < -0.4 is 10.6 Å². The van der Waals surface area contributed by atoms with Crippen molar-refractivity contribution in [1.29, 1.82) is 0 Å². The summed E-state index contributed by atoms with van der Waals surface area (Å²) in [4.78, 5) is 27.9. The Morgan fingerprint density at radius 1 is 0.963 bits per heavy atom. The maximum atomic E-state index is 12.9. The number of nitrogens with one attached hydrogen (secondary N) is 2. The van der Waals surface area contributed by atoms with E-state index in [9.17, 15) is 14.0 Å². The molecular weight excluding hydrogens is 375 g/mol. The van der Waals surface area contributed by atoms with Crippen molar-refractivity contribution in [1.82, 2.24) is 20.8 Å². The fourth-order valence-corrected chi connectivity index (χ4v) is 2.29. The van der Waals surface area contributed by atoms with Gasteiger partial charge in [-0.2, -0.15) is 4.98 Å². The Hall–Kier alpha value is -3.26. The number of hydrogen-bond acceptors (Lipinski definition) is 5. The van der Waals surface area contributed by atoms with E-state index < -0.39 is 5.91 Å². The summed E-state index contributed by atoms with van der Waals surface area (Å²) in [6.07, 6.45) is 0. The van der Waals surface area contributed by atoms with Crippen molar-refractivity contribution in [2.75, 3.05) is 13.1 Å². The van der Waals surface area contributed by atoms with Crippen molar-refractivity contribution in [2.24, 2.45) is 0 Å². The molecule has 1 aromatic heterocycles. The minimum atomic E-state index is -0.573. The van der Waals surface area contributed by atoms with Crippen molar-refractivity contribution in [3.63, 3.8) is 0 Å². The molecule has 3 rings (SSSR count). The van der Waals surface area contributed by atoms with E-state index in [0.29, 0.717) is 16.1 Å². The molecule has 0 aliphatic heterocycles. The molecule has 0 aliphatic carbocycles. The topological polar surface area (TPSA) is 97.1 Å². The molecule has 2 N–H and O–H groups in total. The number of aromatic nitrogens is 2. The number of carbonyl (C=O) groups excluding carboxylic acids is 2. The van der Waals surface area contributed by atoms with Crippen molar-refractivity contribution in [3.05, 3.63) is 70.8 Å². The molecule has 0 fully saturated rings. The van der Waals surface area contributed by atoms with Gasteiger partial charge in [-0.05, 0) is 48.5 Å². The van der Waals surface area contributed by atoms with Gasteiger partial charge in [0.15, 0.2) is 0 Å². The number of nitrogens with zero attached hydrogens (tertiary/aromatic N) is 2. The van der Waals surface area contributed by atoms with Crippen LogP contribution in [-0.2, 0) is 0 Å². The summed E-state index contributed by atoms with van der Waals surface area (Å²) >= 11 is 5.77. The smallest absolute Gasteiger partial charge is 0.316 e. The van der Waals surface area contributed by atoms with Gasteiger partial charge in [0.1, 0.15) is 5.82 Å². The van der Waals surface area contributed by atoms with Gasteiger partial charge in [0.25, 0.3) is 5.91 Å². The summed E-state index contributed by atoms with van der Waals surface area (Å²) < 4.78 is 17.8. The fraction of sp³-hybridized carbons (Fsp3) is 0.111. The van der Waals surface area contributed by atoms with Crippen LogP contribution in [0.4, 0.5) is 4.39 Å². The zero-order valence-corrected chi connectivity index (χ0v) is 14.7. The van der Waals surface area contributed by atoms with Crippen LogP contribution in [0.5, 0.6) is 0 Å². The first-order chi connectivity index (χ1) is 13.0. The average molecular weight is 389 g/mol. The lowest BCUT2D eigenvalue weighted by molar-refractivity contribution is 0.0898. The van der Waals surface area contributed by atoms with Gasteiger partial charge in [-0.15, -0.1) is 0 Å². The highest BCUT2D eigenvalue weighted by molar-refractivity contribution is 6.30. The molecule has 0 saturated heterocycles.